The first-order chi connectivity index (χ1) is 36.4. The lowest BCUT2D eigenvalue weighted by Gasteiger charge is -2.31. The van der Waals surface area contributed by atoms with Gasteiger partial charge in [0, 0.05) is 6.42 Å². The number of aliphatic hydroxyl groups excluding tert-OH is 2. The highest BCUT2D eigenvalue weighted by Gasteiger charge is 2.29. The molecule has 0 aliphatic heterocycles. The molecule has 0 heterocycles. The fraction of sp³-hybridized carbons (Fsp3) is 0.831. The number of nitrogens with one attached hydrogen (secondary N) is 1. The van der Waals surface area contributed by atoms with Gasteiger partial charge in [0.05, 0.1) is 39.9 Å². The lowest BCUT2D eigenvalue weighted by atomic mass is 10.0. The van der Waals surface area contributed by atoms with Crippen molar-refractivity contribution in [3.05, 3.63) is 60.8 Å². The number of hydrogen-bond acceptors (Lipinski definition) is 7. The molecule has 4 unspecified atom stereocenters. The molecule has 3 N–H and O–H groups in total. The Kier molecular flexibility index (Phi) is 54.1. The summed E-state index contributed by atoms with van der Waals surface area (Å²) in [6, 6.07) is -1.10. The van der Waals surface area contributed by atoms with Gasteiger partial charge in [0.2, 0.25) is 5.91 Å². The van der Waals surface area contributed by atoms with Gasteiger partial charge in [-0.25, -0.2) is 0 Å². The molecule has 0 bridgehead atoms. The van der Waals surface area contributed by atoms with E-state index in [-0.39, 0.29) is 18.9 Å². The third-order valence-electron chi connectivity index (χ3n) is 14.4. The molecule has 0 saturated heterocycles. The third-order valence-corrected chi connectivity index (χ3v) is 15.3. The van der Waals surface area contributed by atoms with Crippen LogP contribution < -0.4 is 10.2 Å². The minimum absolute atomic E-state index is 0.0502. The van der Waals surface area contributed by atoms with Crippen molar-refractivity contribution in [1.82, 2.24) is 5.32 Å². The number of hydrogen-bond donors (Lipinski definition) is 3. The van der Waals surface area contributed by atoms with E-state index < -0.39 is 32.7 Å². The van der Waals surface area contributed by atoms with Crippen LogP contribution in [0, 0.1) is 0 Å². The van der Waals surface area contributed by atoms with Gasteiger partial charge in [0.15, 0.2) is 0 Å². The molecule has 440 valence electrons. The quantitative estimate of drug-likeness (QED) is 0.0239. The second-order valence-corrected chi connectivity index (χ2v) is 24.3. The predicted octanol–water partition coefficient (Wildman–Crippen LogP) is 18.0. The topological polar surface area (TPSA) is 128 Å². The number of nitrogens with zero attached hydrogens (tertiary/aromatic N) is 1. The molecule has 0 saturated carbocycles. The fourth-order valence-electron chi connectivity index (χ4n) is 9.39. The van der Waals surface area contributed by atoms with Crippen molar-refractivity contribution in [2.24, 2.45) is 0 Å². The Bertz CT molecular complexity index is 1420. The maximum absolute atomic E-state index is 13.0. The van der Waals surface area contributed by atoms with Gasteiger partial charge in [-0.05, 0) is 90.4 Å². The standard InChI is InChI=1S/C65H123N2O7P/c1-6-8-10-12-14-16-18-20-21-22-23-24-25-26-27-28-29-30-31-32-33-34-35-36-37-38-39-40-41-42-43-44-45-46-48-50-52-54-56-58-64(69)66-62(61-74-75(71,72)73-60-59-67(3,4)5)65(70)63(68)57-55-53-51-49-47-19-17-15-13-11-9-7-2/h7,9,15,17-18,20,22-23,49,51,62-63,65,68,70H,6,8,10-14,16,19,21,24-48,50,52-61H2,1-5H3,(H-,66,69,71,72)/b9-7+,17-15+,20-18-,23-22-,51-49+. The third kappa shape index (κ3) is 56.7. The number of phosphoric acid groups is 1. The Morgan fingerprint density at radius 2 is 0.867 bits per heavy atom. The summed E-state index contributed by atoms with van der Waals surface area (Å²) in [5.74, 6) is -0.292. The van der Waals surface area contributed by atoms with E-state index in [4.69, 9.17) is 9.05 Å². The first kappa shape index (κ1) is 73.2. The van der Waals surface area contributed by atoms with Crippen LogP contribution in [-0.2, 0) is 18.4 Å². The number of amides is 1. The Morgan fingerprint density at radius 3 is 1.28 bits per heavy atom. The van der Waals surface area contributed by atoms with Crippen LogP contribution in [0.3, 0.4) is 0 Å². The highest BCUT2D eigenvalue weighted by atomic mass is 31.2. The number of likely N-dealkylation sites (N-methyl/N-ethyl adjacent to an activating group) is 1. The summed E-state index contributed by atoms with van der Waals surface area (Å²) in [7, 11) is 1.10. The number of allylic oxidation sites excluding steroid dienone is 10. The predicted molar refractivity (Wildman–Crippen MR) is 322 cm³/mol. The summed E-state index contributed by atoms with van der Waals surface area (Å²) in [4.78, 5) is 25.5. The molecule has 1 amide bonds. The van der Waals surface area contributed by atoms with Crippen molar-refractivity contribution in [3.63, 3.8) is 0 Å². The Labute approximate surface area is 464 Å². The Morgan fingerprint density at radius 1 is 0.507 bits per heavy atom. The average Bonchev–Trinajstić information content (AvgIpc) is 3.37. The molecule has 0 rings (SSSR count). The number of phosphoric ester groups is 1. The highest BCUT2D eigenvalue weighted by Crippen LogP contribution is 2.38. The number of carbonyl (C=O) groups is 1. The van der Waals surface area contributed by atoms with Crippen molar-refractivity contribution in [3.8, 4) is 0 Å². The number of aliphatic hydroxyl groups is 2. The molecule has 75 heavy (non-hydrogen) atoms. The van der Waals surface area contributed by atoms with E-state index in [1.54, 1.807) is 0 Å². The Balaban J connectivity index is 3.93. The van der Waals surface area contributed by atoms with Crippen molar-refractivity contribution < 1.29 is 38.0 Å². The largest absolute Gasteiger partial charge is 0.756 e. The van der Waals surface area contributed by atoms with Crippen LogP contribution >= 0.6 is 7.82 Å². The van der Waals surface area contributed by atoms with Crippen LogP contribution in [0.4, 0.5) is 0 Å². The lowest BCUT2D eigenvalue weighted by molar-refractivity contribution is -0.870. The summed E-state index contributed by atoms with van der Waals surface area (Å²) in [5.41, 5.74) is 0. The van der Waals surface area contributed by atoms with Gasteiger partial charge in [0.1, 0.15) is 19.3 Å². The van der Waals surface area contributed by atoms with Crippen LogP contribution in [-0.4, -0.2) is 79.8 Å². The number of quaternary nitrogens is 1. The fourth-order valence-corrected chi connectivity index (χ4v) is 10.1. The molecule has 4 atom stereocenters. The summed E-state index contributed by atoms with van der Waals surface area (Å²) < 4.78 is 23.2. The molecule has 9 nitrogen and oxygen atoms in total. The first-order valence-electron chi connectivity index (χ1n) is 31.7. The molecule has 0 radical (unpaired) electrons. The second kappa shape index (κ2) is 55.5. The zero-order valence-corrected chi connectivity index (χ0v) is 50.8. The van der Waals surface area contributed by atoms with E-state index >= 15 is 0 Å². The van der Waals surface area contributed by atoms with E-state index in [0.29, 0.717) is 30.3 Å². The van der Waals surface area contributed by atoms with Gasteiger partial charge in [-0.2, -0.15) is 0 Å². The van der Waals surface area contributed by atoms with Crippen molar-refractivity contribution in [1.29, 1.82) is 0 Å². The first-order valence-corrected chi connectivity index (χ1v) is 33.1. The normalized spacial score (nSPS) is 14.6. The van der Waals surface area contributed by atoms with Crippen LogP contribution in [0.1, 0.15) is 290 Å². The number of unbranched alkanes of at least 4 members (excludes halogenated alkanes) is 35. The number of rotatable bonds is 58. The molecule has 0 aromatic carbocycles. The molecule has 0 aliphatic carbocycles. The summed E-state index contributed by atoms with van der Waals surface area (Å²) in [6.07, 6.45) is 72.1. The van der Waals surface area contributed by atoms with Crippen molar-refractivity contribution >= 4 is 13.7 Å². The zero-order valence-electron chi connectivity index (χ0n) is 49.9. The van der Waals surface area contributed by atoms with Gasteiger partial charge in [0.25, 0.3) is 7.82 Å². The summed E-state index contributed by atoms with van der Waals surface area (Å²) in [6.45, 7) is 4.20. The molecule has 10 heteroatoms. The second-order valence-electron chi connectivity index (χ2n) is 22.9. The smallest absolute Gasteiger partial charge is 0.268 e. The van der Waals surface area contributed by atoms with Crippen molar-refractivity contribution in [2.45, 2.75) is 308 Å². The lowest BCUT2D eigenvalue weighted by Crippen LogP contribution is -2.51. The SMILES string of the molecule is C/C=C/CC/C=C/CC/C=C/CCCC(O)C(O)C(COP(=O)([O-])OCC[N+](C)(C)C)NC(=O)CCCCCCCCCCCCCCCCCCCCCCCCCCCCC/C=C\C/C=C\CCCCCCC. The van der Waals surface area contributed by atoms with Crippen molar-refractivity contribution in [2.75, 3.05) is 40.9 Å². The molecular weight excluding hydrogens is 952 g/mol. The maximum Gasteiger partial charge on any atom is 0.268 e. The van der Waals surface area contributed by atoms with Gasteiger partial charge >= 0.3 is 0 Å². The van der Waals surface area contributed by atoms with Crippen LogP contribution in [0.15, 0.2) is 60.8 Å². The summed E-state index contributed by atoms with van der Waals surface area (Å²) >= 11 is 0. The van der Waals surface area contributed by atoms with Gasteiger partial charge in [-0.1, -0.05) is 254 Å². The van der Waals surface area contributed by atoms with E-state index in [9.17, 15) is 24.5 Å². The average molecular weight is 1080 g/mol. The van der Waals surface area contributed by atoms with Crippen LogP contribution in [0.2, 0.25) is 0 Å². The molecule has 0 aliphatic rings. The van der Waals surface area contributed by atoms with Gasteiger partial charge < -0.3 is 34.0 Å². The van der Waals surface area contributed by atoms with Crippen LogP contribution in [0.25, 0.3) is 0 Å². The van der Waals surface area contributed by atoms with E-state index in [2.05, 4.69) is 73.0 Å². The number of carbonyl (C=O) groups excluding carboxylic acids is 1. The zero-order chi connectivity index (χ0) is 55.0. The highest BCUT2D eigenvalue weighted by molar-refractivity contribution is 7.45. The van der Waals surface area contributed by atoms with Gasteiger partial charge in [-0.3, -0.25) is 9.36 Å². The minimum Gasteiger partial charge on any atom is -0.756 e. The molecule has 0 fully saturated rings. The van der Waals surface area contributed by atoms with E-state index in [1.165, 1.54) is 193 Å². The monoisotopic (exact) mass is 1070 g/mol. The molecule has 0 aromatic rings. The molecule has 0 spiro atoms. The summed E-state index contributed by atoms with van der Waals surface area (Å²) in [5, 5.41) is 24.7. The molecule has 0 aromatic heterocycles. The maximum atomic E-state index is 13.0. The van der Waals surface area contributed by atoms with Crippen LogP contribution in [0.5, 0.6) is 0 Å². The minimum atomic E-state index is -4.69. The van der Waals surface area contributed by atoms with E-state index in [1.807, 2.05) is 28.1 Å². The molecular formula is C65H123N2O7P. The Hall–Kier alpha value is -1.84. The van der Waals surface area contributed by atoms with E-state index in [0.717, 1.165) is 57.8 Å². The van der Waals surface area contributed by atoms with Gasteiger partial charge in [-0.15, -0.1) is 0 Å².